The largest absolute Gasteiger partial charge is 0.548 e. The molecule has 1 heterocycles. The molecule has 0 amide bonds. The number of pyridine rings is 1. The van der Waals surface area contributed by atoms with E-state index in [1.165, 1.54) is 0 Å². The van der Waals surface area contributed by atoms with Crippen LogP contribution in [0.4, 0.5) is 0 Å². The molecule has 1 aromatic rings. The van der Waals surface area contributed by atoms with Gasteiger partial charge in [0.1, 0.15) is 0 Å². The number of nitrogens with zero attached hydrogens (tertiary/aromatic N) is 1. The Kier molecular flexibility index (Phi) is 5.79. The minimum absolute atomic E-state index is 0.598. The van der Waals surface area contributed by atoms with Crippen LogP contribution in [-0.2, 0) is 4.43 Å². The van der Waals surface area contributed by atoms with Crippen molar-refractivity contribution in [2.24, 2.45) is 0 Å². The van der Waals surface area contributed by atoms with E-state index in [1.54, 1.807) is 6.20 Å². The Labute approximate surface area is 119 Å². The predicted octanol–water partition coefficient (Wildman–Crippen LogP) is 5.24. The molecule has 0 aliphatic heterocycles. The van der Waals surface area contributed by atoms with E-state index < -0.39 is 8.32 Å². The summed E-state index contributed by atoms with van der Waals surface area (Å²) in [6, 6.07) is 5.90. The van der Waals surface area contributed by atoms with Crippen LogP contribution in [0.15, 0.2) is 30.7 Å². The highest BCUT2D eigenvalue weighted by Crippen LogP contribution is 2.42. The molecule has 0 saturated carbocycles. The molecular formula is C16H27NOSi. The summed E-state index contributed by atoms with van der Waals surface area (Å²) in [5.41, 5.74) is 2.74. The maximum absolute atomic E-state index is 6.34. The Morgan fingerprint density at radius 1 is 1.00 bits per heavy atom. The molecule has 0 fully saturated rings. The molecule has 0 atom stereocenters. The van der Waals surface area contributed by atoms with E-state index in [9.17, 15) is 0 Å². The van der Waals surface area contributed by atoms with Gasteiger partial charge in [0.2, 0.25) is 0 Å². The Morgan fingerprint density at radius 2 is 1.58 bits per heavy atom. The van der Waals surface area contributed by atoms with Crippen molar-refractivity contribution >= 4 is 14.4 Å². The summed E-state index contributed by atoms with van der Waals surface area (Å²) < 4.78 is 6.34. The third-order valence-corrected chi connectivity index (χ3v) is 9.86. The van der Waals surface area contributed by atoms with E-state index in [2.05, 4.69) is 46.5 Å². The minimum Gasteiger partial charge on any atom is -0.548 e. The number of hydrogen-bond acceptors (Lipinski definition) is 2. The zero-order valence-electron chi connectivity index (χ0n) is 13.1. The maximum atomic E-state index is 6.34. The van der Waals surface area contributed by atoms with Crippen LogP contribution in [-0.4, -0.2) is 13.3 Å². The summed E-state index contributed by atoms with van der Waals surface area (Å²) in [6.07, 6.45) is 5.64. The molecule has 2 nitrogen and oxygen atoms in total. The topological polar surface area (TPSA) is 22.1 Å². The van der Waals surface area contributed by atoms with Gasteiger partial charge in [0.25, 0.3) is 8.32 Å². The second kappa shape index (κ2) is 6.90. The molecule has 0 bridgehead atoms. The van der Waals surface area contributed by atoms with Gasteiger partial charge in [0.15, 0.2) is 0 Å². The summed E-state index contributed by atoms with van der Waals surface area (Å²) in [6.45, 7) is 13.8. The SMILES string of the molecule is CC(C)[Si](OC=Cc1ccccn1)(C(C)C)C(C)C. The summed E-state index contributed by atoms with van der Waals surface area (Å²) >= 11 is 0. The molecule has 106 valence electrons. The number of hydrogen-bond donors (Lipinski definition) is 0. The summed E-state index contributed by atoms with van der Waals surface area (Å²) in [5, 5.41) is 0. The Bertz CT molecular complexity index is 377. The fraction of sp³-hybridized carbons (Fsp3) is 0.562. The maximum Gasteiger partial charge on any atom is 0.257 e. The molecule has 0 aliphatic rings. The van der Waals surface area contributed by atoms with Crippen molar-refractivity contribution in [1.82, 2.24) is 4.98 Å². The van der Waals surface area contributed by atoms with Crippen LogP contribution >= 0.6 is 0 Å². The van der Waals surface area contributed by atoms with E-state index in [0.29, 0.717) is 16.6 Å². The van der Waals surface area contributed by atoms with Crippen LogP contribution in [0, 0.1) is 0 Å². The molecule has 3 heteroatoms. The van der Waals surface area contributed by atoms with Gasteiger partial charge in [0, 0.05) is 6.20 Å². The average molecular weight is 277 g/mol. The molecule has 0 aromatic carbocycles. The summed E-state index contributed by atoms with van der Waals surface area (Å²) in [7, 11) is -1.80. The molecule has 0 radical (unpaired) electrons. The molecule has 0 spiro atoms. The normalized spacial score (nSPS) is 12.9. The van der Waals surface area contributed by atoms with Gasteiger partial charge in [-0.05, 0) is 34.8 Å². The van der Waals surface area contributed by atoms with Crippen LogP contribution in [0.25, 0.3) is 6.08 Å². The van der Waals surface area contributed by atoms with Crippen LogP contribution in [0.1, 0.15) is 47.2 Å². The Morgan fingerprint density at radius 3 is 2.00 bits per heavy atom. The van der Waals surface area contributed by atoms with Crippen molar-refractivity contribution in [3.05, 3.63) is 36.4 Å². The van der Waals surface area contributed by atoms with Gasteiger partial charge >= 0.3 is 0 Å². The van der Waals surface area contributed by atoms with Gasteiger partial charge in [-0.1, -0.05) is 47.6 Å². The Balaban J connectivity index is 2.88. The predicted molar refractivity (Wildman–Crippen MR) is 85.4 cm³/mol. The van der Waals surface area contributed by atoms with Crippen LogP contribution in [0.3, 0.4) is 0 Å². The van der Waals surface area contributed by atoms with Gasteiger partial charge in [-0.2, -0.15) is 0 Å². The molecule has 19 heavy (non-hydrogen) atoms. The van der Waals surface area contributed by atoms with Crippen LogP contribution < -0.4 is 0 Å². The van der Waals surface area contributed by atoms with Gasteiger partial charge < -0.3 is 4.43 Å². The molecule has 0 aliphatic carbocycles. The highest BCUT2D eigenvalue weighted by molar-refractivity contribution is 6.77. The number of rotatable bonds is 6. The lowest BCUT2D eigenvalue weighted by Crippen LogP contribution is -2.46. The molecule has 0 N–H and O–H groups in total. The monoisotopic (exact) mass is 277 g/mol. The van der Waals surface area contributed by atoms with Crippen molar-refractivity contribution in [2.45, 2.75) is 58.2 Å². The Hall–Kier alpha value is -1.09. The van der Waals surface area contributed by atoms with E-state index in [0.717, 1.165) is 5.69 Å². The van der Waals surface area contributed by atoms with Crippen LogP contribution in [0.5, 0.6) is 0 Å². The fourth-order valence-electron chi connectivity index (χ4n) is 3.10. The van der Waals surface area contributed by atoms with E-state index in [4.69, 9.17) is 4.43 Å². The first-order valence-corrected chi connectivity index (χ1v) is 9.30. The van der Waals surface area contributed by atoms with Crippen molar-refractivity contribution < 1.29 is 4.43 Å². The van der Waals surface area contributed by atoms with Crippen molar-refractivity contribution in [3.63, 3.8) is 0 Å². The molecule has 0 saturated heterocycles. The van der Waals surface area contributed by atoms with Gasteiger partial charge in [-0.25, -0.2) is 0 Å². The number of aromatic nitrogens is 1. The lowest BCUT2D eigenvalue weighted by Gasteiger charge is -2.41. The highest BCUT2D eigenvalue weighted by atomic mass is 28.4. The zero-order valence-corrected chi connectivity index (χ0v) is 14.1. The molecular weight excluding hydrogens is 250 g/mol. The van der Waals surface area contributed by atoms with Gasteiger partial charge in [-0.3, -0.25) is 4.98 Å². The van der Waals surface area contributed by atoms with E-state index >= 15 is 0 Å². The molecule has 1 aromatic heterocycles. The average Bonchev–Trinajstić information content (AvgIpc) is 2.34. The molecule has 0 unspecified atom stereocenters. The first-order chi connectivity index (χ1) is 8.91. The highest BCUT2D eigenvalue weighted by Gasteiger charge is 2.46. The standard InChI is InChI=1S/C16H27NOSi/c1-13(2)19(14(3)4,15(5)6)18-12-10-16-9-7-8-11-17-16/h7-15H,1-6H3. The minimum atomic E-state index is -1.80. The second-order valence-electron chi connectivity index (χ2n) is 5.99. The molecule has 1 rings (SSSR count). The first-order valence-electron chi connectivity index (χ1n) is 7.16. The first kappa shape index (κ1) is 16.0. The third-order valence-electron chi connectivity index (χ3n) is 3.91. The second-order valence-corrected chi connectivity index (χ2v) is 11.4. The van der Waals surface area contributed by atoms with Crippen LogP contribution in [0.2, 0.25) is 16.6 Å². The van der Waals surface area contributed by atoms with E-state index in [-0.39, 0.29) is 0 Å². The summed E-state index contributed by atoms with van der Waals surface area (Å²) in [5.74, 6) is 0. The van der Waals surface area contributed by atoms with Gasteiger partial charge in [0.05, 0.1) is 12.0 Å². The van der Waals surface area contributed by atoms with Gasteiger partial charge in [-0.15, -0.1) is 0 Å². The fourth-order valence-corrected chi connectivity index (χ4v) is 8.22. The van der Waals surface area contributed by atoms with Crippen molar-refractivity contribution in [2.75, 3.05) is 0 Å². The third kappa shape index (κ3) is 3.69. The smallest absolute Gasteiger partial charge is 0.257 e. The zero-order chi connectivity index (χ0) is 14.5. The van der Waals surface area contributed by atoms with Crippen molar-refractivity contribution in [3.8, 4) is 0 Å². The summed E-state index contributed by atoms with van der Waals surface area (Å²) in [4.78, 5) is 4.28. The quantitative estimate of drug-likeness (QED) is 0.523. The lowest BCUT2D eigenvalue weighted by molar-refractivity contribution is 0.419. The lowest BCUT2D eigenvalue weighted by atomic mass is 10.3. The van der Waals surface area contributed by atoms with E-state index in [1.807, 2.05) is 30.5 Å². The van der Waals surface area contributed by atoms with Crippen molar-refractivity contribution in [1.29, 1.82) is 0 Å².